The van der Waals surface area contributed by atoms with Gasteiger partial charge in [0.2, 0.25) is 11.8 Å². The number of carbonyl (C=O) groups excluding carboxylic acids is 2. The molecule has 0 aromatic heterocycles. The van der Waals surface area contributed by atoms with Crippen molar-refractivity contribution in [2.24, 2.45) is 0 Å². The maximum Gasteiger partial charge on any atom is 0.264 e. The Bertz CT molecular complexity index is 1320. The summed E-state index contributed by atoms with van der Waals surface area (Å²) in [6, 6.07) is 20.5. The van der Waals surface area contributed by atoms with Gasteiger partial charge in [-0.2, -0.15) is 0 Å². The third kappa shape index (κ3) is 6.25. The van der Waals surface area contributed by atoms with Crippen LogP contribution in [0.2, 0.25) is 5.02 Å². The quantitative estimate of drug-likeness (QED) is 0.451. The highest BCUT2D eigenvalue weighted by Crippen LogP contribution is 2.25. The van der Waals surface area contributed by atoms with Crippen LogP contribution in [0.15, 0.2) is 77.7 Å². The number of hydrogen-bond donors (Lipinski definition) is 1. The highest BCUT2D eigenvalue weighted by Gasteiger charge is 2.27. The smallest absolute Gasteiger partial charge is 0.264 e. The maximum absolute atomic E-state index is 13.4. The van der Waals surface area contributed by atoms with Crippen molar-refractivity contribution in [1.29, 1.82) is 0 Å². The third-order valence-corrected chi connectivity index (χ3v) is 8.11. The number of rotatable bonds is 9. The molecule has 9 heteroatoms. The molecule has 1 heterocycles. The van der Waals surface area contributed by atoms with Gasteiger partial charge in [0.25, 0.3) is 10.0 Å². The van der Waals surface area contributed by atoms with Crippen LogP contribution in [0.1, 0.15) is 29.5 Å². The van der Waals surface area contributed by atoms with Crippen LogP contribution in [0.25, 0.3) is 0 Å². The van der Waals surface area contributed by atoms with E-state index in [0.29, 0.717) is 23.7 Å². The fraction of sp³-hybridized carbons (Fsp3) is 0.259. The summed E-state index contributed by atoms with van der Waals surface area (Å²) in [7, 11) is -4.00. The van der Waals surface area contributed by atoms with Crippen molar-refractivity contribution >= 4 is 39.1 Å². The van der Waals surface area contributed by atoms with Crippen LogP contribution in [0.5, 0.6) is 0 Å². The van der Waals surface area contributed by atoms with Gasteiger partial charge >= 0.3 is 0 Å². The fourth-order valence-corrected chi connectivity index (χ4v) is 5.55. The van der Waals surface area contributed by atoms with Gasteiger partial charge in [0.1, 0.15) is 6.54 Å². The minimum absolute atomic E-state index is 0.0485. The second kappa shape index (κ2) is 11.1. The molecule has 188 valence electrons. The summed E-state index contributed by atoms with van der Waals surface area (Å²) in [5, 5.41) is 3.23. The zero-order valence-corrected chi connectivity index (χ0v) is 21.6. The van der Waals surface area contributed by atoms with Gasteiger partial charge in [-0.15, -0.1) is 0 Å². The number of anilines is 1. The summed E-state index contributed by atoms with van der Waals surface area (Å²) in [5.74, 6) is -0.252. The Morgan fingerprint density at radius 2 is 1.61 bits per heavy atom. The average molecular weight is 526 g/mol. The second-order valence-electron chi connectivity index (χ2n) is 8.81. The standard InChI is InChI=1S/C27H28ClN3O4S/c1-20-4-12-24(13-5-20)31(36(34,35)25-14-10-23(28)11-15-25)19-26(32)29-17-21-6-8-22(9-7-21)18-30-16-2-3-27(30)33/h4-15H,2-3,16-19H2,1H3,(H,29,32). The Labute approximate surface area is 216 Å². The van der Waals surface area contributed by atoms with E-state index in [9.17, 15) is 18.0 Å². The molecule has 1 saturated heterocycles. The summed E-state index contributed by atoms with van der Waals surface area (Å²) < 4.78 is 27.9. The number of carbonyl (C=O) groups is 2. The minimum Gasteiger partial charge on any atom is -0.350 e. The number of amides is 2. The first-order valence-electron chi connectivity index (χ1n) is 11.7. The van der Waals surface area contributed by atoms with Crippen molar-refractivity contribution in [3.05, 3.63) is 94.5 Å². The molecule has 3 aromatic rings. The molecule has 1 aliphatic heterocycles. The number of nitrogens with zero attached hydrogens (tertiary/aromatic N) is 2. The molecular formula is C27H28ClN3O4S. The molecule has 1 aliphatic rings. The fourth-order valence-electron chi connectivity index (χ4n) is 4.00. The molecule has 0 saturated carbocycles. The van der Waals surface area contributed by atoms with Gasteiger partial charge in [0, 0.05) is 31.1 Å². The summed E-state index contributed by atoms with van der Waals surface area (Å²) in [4.78, 5) is 26.6. The second-order valence-corrected chi connectivity index (χ2v) is 11.1. The van der Waals surface area contributed by atoms with Crippen molar-refractivity contribution in [2.45, 2.75) is 37.8 Å². The molecule has 0 unspecified atom stereocenters. The molecule has 0 aliphatic carbocycles. The number of halogens is 1. The zero-order chi connectivity index (χ0) is 25.7. The number of hydrogen-bond acceptors (Lipinski definition) is 4. The monoisotopic (exact) mass is 525 g/mol. The molecule has 2 amide bonds. The van der Waals surface area contributed by atoms with Crippen LogP contribution in [0, 0.1) is 6.92 Å². The first-order valence-corrected chi connectivity index (χ1v) is 13.5. The number of benzene rings is 3. The summed E-state index contributed by atoms with van der Waals surface area (Å²) in [6.07, 6.45) is 1.51. The van der Waals surface area contributed by atoms with Crippen LogP contribution < -0.4 is 9.62 Å². The Kier molecular flexibility index (Phi) is 7.96. The molecular weight excluding hydrogens is 498 g/mol. The van der Waals surface area contributed by atoms with Crippen LogP contribution in [-0.4, -0.2) is 38.2 Å². The molecule has 0 radical (unpaired) electrons. The lowest BCUT2D eigenvalue weighted by atomic mass is 10.1. The van der Waals surface area contributed by atoms with Gasteiger partial charge in [-0.25, -0.2) is 8.42 Å². The third-order valence-electron chi connectivity index (χ3n) is 6.07. The predicted octanol–water partition coefficient (Wildman–Crippen LogP) is 4.28. The largest absolute Gasteiger partial charge is 0.350 e. The van der Waals surface area contributed by atoms with Crippen molar-refractivity contribution < 1.29 is 18.0 Å². The van der Waals surface area contributed by atoms with Gasteiger partial charge in [0.05, 0.1) is 10.6 Å². The van der Waals surface area contributed by atoms with Gasteiger partial charge in [-0.3, -0.25) is 13.9 Å². The van der Waals surface area contributed by atoms with E-state index in [1.54, 1.807) is 24.3 Å². The van der Waals surface area contributed by atoms with Crippen molar-refractivity contribution in [1.82, 2.24) is 10.2 Å². The van der Waals surface area contributed by atoms with E-state index in [4.69, 9.17) is 11.6 Å². The maximum atomic E-state index is 13.4. The predicted molar refractivity (Wildman–Crippen MR) is 140 cm³/mol. The molecule has 4 rings (SSSR count). The van der Waals surface area contributed by atoms with E-state index in [1.807, 2.05) is 36.1 Å². The first-order chi connectivity index (χ1) is 17.2. The number of nitrogens with one attached hydrogen (secondary N) is 1. The van der Waals surface area contributed by atoms with Crippen LogP contribution in [-0.2, 0) is 32.7 Å². The van der Waals surface area contributed by atoms with Crippen LogP contribution in [0.4, 0.5) is 5.69 Å². The summed E-state index contributed by atoms with van der Waals surface area (Å²) >= 11 is 5.93. The molecule has 36 heavy (non-hydrogen) atoms. The molecule has 0 spiro atoms. The Hall–Kier alpha value is -3.36. The molecule has 1 fully saturated rings. The highest BCUT2D eigenvalue weighted by molar-refractivity contribution is 7.92. The molecule has 7 nitrogen and oxygen atoms in total. The van der Waals surface area contributed by atoms with Gasteiger partial charge in [-0.1, -0.05) is 53.6 Å². The Morgan fingerprint density at radius 3 is 2.22 bits per heavy atom. The summed E-state index contributed by atoms with van der Waals surface area (Å²) in [5.41, 5.74) is 3.28. The van der Waals surface area contributed by atoms with Gasteiger partial charge < -0.3 is 10.2 Å². The Balaban J connectivity index is 1.44. The number of likely N-dealkylation sites (tertiary alicyclic amines) is 1. The van der Waals surface area contributed by atoms with Crippen LogP contribution in [0.3, 0.4) is 0 Å². The molecule has 3 aromatic carbocycles. The Morgan fingerprint density at radius 1 is 0.972 bits per heavy atom. The lowest BCUT2D eigenvalue weighted by Gasteiger charge is -2.24. The minimum atomic E-state index is -4.00. The molecule has 0 atom stereocenters. The van der Waals surface area contributed by atoms with E-state index in [-0.39, 0.29) is 23.9 Å². The van der Waals surface area contributed by atoms with E-state index in [1.165, 1.54) is 24.3 Å². The number of sulfonamides is 1. The lowest BCUT2D eigenvalue weighted by Crippen LogP contribution is -2.40. The molecule has 1 N–H and O–H groups in total. The van der Waals surface area contributed by atoms with Crippen molar-refractivity contribution in [3.63, 3.8) is 0 Å². The van der Waals surface area contributed by atoms with Gasteiger partial charge in [0.15, 0.2) is 0 Å². The average Bonchev–Trinajstić information content (AvgIpc) is 3.27. The van der Waals surface area contributed by atoms with E-state index < -0.39 is 15.9 Å². The topological polar surface area (TPSA) is 86.8 Å². The SMILES string of the molecule is Cc1ccc(N(CC(=O)NCc2ccc(CN3CCCC3=O)cc2)S(=O)(=O)c2ccc(Cl)cc2)cc1. The lowest BCUT2D eigenvalue weighted by molar-refractivity contribution is -0.128. The highest BCUT2D eigenvalue weighted by atomic mass is 35.5. The number of aryl methyl sites for hydroxylation is 1. The van der Waals surface area contributed by atoms with Crippen LogP contribution >= 0.6 is 11.6 Å². The normalized spacial score (nSPS) is 13.6. The van der Waals surface area contributed by atoms with Crippen molar-refractivity contribution in [2.75, 3.05) is 17.4 Å². The zero-order valence-electron chi connectivity index (χ0n) is 20.0. The molecule has 0 bridgehead atoms. The summed E-state index contributed by atoms with van der Waals surface area (Å²) in [6.45, 7) is 3.16. The van der Waals surface area contributed by atoms with E-state index in [0.717, 1.165) is 34.0 Å². The van der Waals surface area contributed by atoms with E-state index in [2.05, 4.69) is 5.32 Å². The first kappa shape index (κ1) is 25.7. The van der Waals surface area contributed by atoms with E-state index >= 15 is 0 Å². The van der Waals surface area contributed by atoms with Crippen molar-refractivity contribution in [3.8, 4) is 0 Å². The van der Waals surface area contributed by atoms with Gasteiger partial charge in [-0.05, 0) is 60.9 Å².